The third-order valence-electron chi connectivity index (χ3n) is 2.51. The van der Waals surface area contributed by atoms with Gasteiger partial charge in [0, 0.05) is 12.2 Å². The lowest BCUT2D eigenvalue weighted by Crippen LogP contribution is -2.25. The number of nitrogens with two attached hydrogens (primary N) is 1. The molecule has 5 heteroatoms. The van der Waals surface area contributed by atoms with Gasteiger partial charge in [0.05, 0.1) is 13.2 Å². The van der Waals surface area contributed by atoms with Gasteiger partial charge in [-0.05, 0) is 50.5 Å². The molecule has 0 heterocycles. The Morgan fingerprint density at radius 3 is 2.63 bits per heavy atom. The zero-order valence-electron chi connectivity index (χ0n) is 11.4. The normalized spacial score (nSPS) is 9.95. The summed E-state index contributed by atoms with van der Waals surface area (Å²) in [6.07, 6.45) is 2.53. The molecule has 0 saturated heterocycles. The fraction of sp³-hybridized carbons (Fsp3) is 0.500. The standard InChI is InChI=1S/C14H22N2O3/c1-2-18-14(17)16-10-4-3-5-11-19-13-8-6-12(15)7-9-13/h6-9H,2-5,10-11,15H2,1H3,(H,16,17). The number of nitrogens with one attached hydrogen (secondary N) is 1. The molecule has 0 aromatic heterocycles. The van der Waals surface area contributed by atoms with Crippen LogP contribution in [-0.4, -0.2) is 25.9 Å². The van der Waals surface area contributed by atoms with Crippen molar-refractivity contribution in [1.82, 2.24) is 5.32 Å². The monoisotopic (exact) mass is 266 g/mol. The van der Waals surface area contributed by atoms with Crippen LogP contribution in [-0.2, 0) is 4.74 Å². The molecule has 0 bridgehead atoms. The molecule has 1 aromatic carbocycles. The van der Waals surface area contributed by atoms with E-state index in [9.17, 15) is 4.79 Å². The number of hydrogen-bond donors (Lipinski definition) is 2. The van der Waals surface area contributed by atoms with Gasteiger partial charge in [-0.15, -0.1) is 0 Å². The van der Waals surface area contributed by atoms with Crippen molar-refractivity contribution in [2.24, 2.45) is 0 Å². The van der Waals surface area contributed by atoms with Crippen LogP contribution in [0, 0.1) is 0 Å². The molecule has 0 fully saturated rings. The molecule has 0 spiro atoms. The summed E-state index contributed by atoms with van der Waals surface area (Å²) in [6.45, 7) is 3.50. The van der Waals surface area contributed by atoms with Gasteiger partial charge < -0.3 is 20.5 Å². The van der Waals surface area contributed by atoms with Crippen LogP contribution in [0.1, 0.15) is 26.2 Å². The van der Waals surface area contributed by atoms with Gasteiger partial charge in [0.15, 0.2) is 0 Å². The van der Waals surface area contributed by atoms with Crippen molar-refractivity contribution in [2.45, 2.75) is 26.2 Å². The summed E-state index contributed by atoms with van der Waals surface area (Å²) in [7, 11) is 0. The molecule has 0 aliphatic heterocycles. The Labute approximate surface area is 114 Å². The minimum Gasteiger partial charge on any atom is -0.494 e. The van der Waals surface area contributed by atoms with Crippen LogP contribution in [0.4, 0.5) is 10.5 Å². The summed E-state index contributed by atoms with van der Waals surface area (Å²) in [5.74, 6) is 0.832. The average molecular weight is 266 g/mol. The molecule has 5 nitrogen and oxygen atoms in total. The molecule has 0 saturated carbocycles. The molecule has 0 atom stereocenters. The van der Waals surface area contributed by atoms with Crippen LogP contribution in [0.5, 0.6) is 5.75 Å². The number of alkyl carbamates (subject to hydrolysis) is 1. The highest BCUT2D eigenvalue weighted by molar-refractivity contribution is 5.66. The smallest absolute Gasteiger partial charge is 0.407 e. The third-order valence-corrected chi connectivity index (χ3v) is 2.51. The molecule has 0 radical (unpaired) electrons. The van der Waals surface area contributed by atoms with Gasteiger partial charge in [0.1, 0.15) is 5.75 Å². The lowest BCUT2D eigenvalue weighted by molar-refractivity contribution is 0.152. The van der Waals surface area contributed by atoms with Crippen molar-refractivity contribution < 1.29 is 14.3 Å². The third kappa shape index (κ3) is 7.18. The van der Waals surface area contributed by atoms with E-state index in [1.54, 1.807) is 6.92 Å². The van der Waals surface area contributed by atoms with Gasteiger partial charge in [-0.25, -0.2) is 4.79 Å². The van der Waals surface area contributed by atoms with Gasteiger partial charge >= 0.3 is 6.09 Å². The molecule has 1 aromatic rings. The number of amides is 1. The zero-order valence-corrected chi connectivity index (χ0v) is 11.4. The number of nitrogen functional groups attached to an aromatic ring is 1. The Bertz CT molecular complexity index is 365. The number of ether oxygens (including phenoxy) is 2. The van der Waals surface area contributed by atoms with Crippen molar-refractivity contribution in [2.75, 3.05) is 25.5 Å². The maximum absolute atomic E-state index is 11.0. The van der Waals surface area contributed by atoms with E-state index in [1.807, 2.05) is 24.3 Å². The lowest BCUT2D eigenvalue weighted by atomic mass is 10.2. The summed E-state index contributed by atoms with van der Waals surface area (Å²) < 4.78 is 10.3. The summed E-state index contributed by atoms with van der Waals surface area (Å²) in [4.78, 5) is 11.0. The van der Waals surface area contributed by atoms with Crippen LogP contribution >= 0.6 is 0 Å². The van der Waals surface area contributed by atoms with Gasteiger partial charge in [0.25, 0.3) is 0 Å². The molecule has 1 rings (SSSR count). The minimum atomic E-state index is -0.347. The summed E-state index contributed by atoms with van der Waals surface area (Å²) >= 11 is 0. The molecule has 3 N–H and O–H groups in total. The Kier molecular flexibility index (Phi) is 7.24. The van der Waals surface area contributed by atoms with E-state index in [4.69, 9.17) is 15.2 Å². The minimum absolute atomic E-state index is 0.347. The van der Waals surface area contributed by atoms with Gasteiger partial charge in [0.2, 0.25) is 0 Å². The number of anilines is 1. The van der Waals surface area contributed by atoms with Gasteiger partial charge in [-0.3, -0.25) is 0 Å². The van der Waals surface area contributed by atoms with Crippen LogP contribution in [0.3, 0.4) is 0 Å². The molecular formula is C14H22N2O3. The topological polar surface area (TPSA) is 73.6 Å². The molecule has 0 aliphatic carbocycles. The second kappa shape index (κ2) is 9.08. The summed E-state index contributed by atoms with van der Waals surface area (Å²) in [5.41, 5.74) is 6.32. The maximum Gasteiger partial charge on any atom is 0.407 e. The highest BCUT2D eigenvalue weighted by Gasteiger charge is 1.98. The Hall–Kier alpha value is -1.91. The molecular weight excluding hydrogens is 244 g/mol. The predicted octanol–water partition coefficient (Wildman–Crippen LogP) is 2.56. The molecule has 0 unspecified atom stereocenters. The number of carbonyl (C=O) groups is 1. The second-order valence-electron chi connectivity index (χ2n) is 4.13. The first-order chi connectivity index (χ1) is 9.22. The van der Waals surface area contributed by atoms with E-state index < -0.39 is 0 Å². The average Bonchev–Trinajstić information content (AvgIpc) is 2.40. The van der Waals surface area contributed by atoms with E-state index in [2.05, 4.69) is 5.32 Å². The van der Waals surface area contributed by atoms with Crippen molar-refractivity contribution in [1.29, 1.82) is 0 Å². The first-order valence-electron chi connectivity index (χ1n) is 6.61. The molecule has 0 aliphatic rings. The van der Waals surface area contributed by atoms with Crippen molar-refractivity contribution >= 4 is 11.8 Å². The lowest BCUT2D eigenvalue weighted by Gasteiger charge is -2.07. The van der Waals surface area contributed by atoms with E-state index >= 15 is 0 Å². The van der Waals surface area contributed by atoms with Crippen molar-refractivity contribution in [3.05, 3.63) is 24.3 Å². The first-order valence-corrected chi connectivity index (χ1v) is 6.61. The Morgan fingerprint density at radius 2 is 1.95 bits per heavy atom. The zero-order chi connectivity index (χ0) is 13.9. The quantitative estimate of drug-likeness (QED) is 0.560. The van der Waals surface area contributed by atoms with E-state index in [-0.39, 0.29) is 6.09 Å². The summed E-state index contributed by atoms with van der Waals surface area (Å²) in [6, 6.07) is 7.35. The van der Waals surface area contributed by atoms with Crippen LogP contribution < -0.4 is 15.8 Å². The van der Waals surface area contributed by atoms with E-state index in [1.165, 1.54) is 0 Å². The van der Waals surface area contributed by atoms with Crippen molar-refractivity contribution in [3.63, 3.8) is 0 Å². The molecule has 1 amide bonds. The van der Waals surface area contributed by atoms with Gasteiger partial charge in [-0.2, -0.15) is 0 Å². The number of carbonyl (C=O) groups excluding carboxylic acids is 1. The summed E-state index contributed by atoms with van der Waals surface area (Å²) in [5, 5.41) is 2.68. The number of unbranched alkanes of at least 4 members (excludes halogenated alkanes) is 2. The number of rotatable bonds is 8. The Morgan fingerprint density at radius 1 is 1.21 bits per heavy atom. The number of benzene rings is 1. The fourth-order valence-corrected chi connectivity index (χ4v) is 1.53. The van der Waals surface area contributed by atoms with Crippen LogP contribution in [0.2, 0.25) is 0 Å². The maximum atomic E-state index is 11.0. The van der Waals surface area contributed by atoms with Crippen LogP contribution in [0.25, 0.3) is 0 Å². The van der Waals surface area contributed by atoms with Crippen molar-refractivity contribution in [3.8, 4) is 5.75 Å². The van der Waals surface area contributed by atoms with Crippen LogP contribution in [0.15, 0.2) is 24.3 Å². The highest BCUT2D eigenvalue weighted by atomic mass is 16.5. The largest absolute Gasteiger partial charge is 0.494 e. The SMILES string of the molecule is CCOC(=O)NCCCCCOc1ccc(N)cc1. The second-order valence-corrected chi connectivity index (χ2v) is 4.13. The van der Waals surface area contributed by atoms with Gasteiger partial charge in [-0.1, -0.05) is 0 Å². The first kappa shape index (κ1) is 15.1. The van der Waals surface area contributed by atoms with E-state index in [0.717, 1.165) is 30.7 Å². The fourth-order valence-electron chi connectivity index (χ4n) is 1.53. The molecule has 106 valence electrons. The highest BCUT2D eigenvalue weighted by Crippen LogP contribution is 2.13. The van der Waals surface area contributed by atoms with E-state index in [0.29, 0.717) is 19.8 Å². The Balaban J connectivity index is 1.96. The molecule has 19 heavy (non-hydrogen) atoms. The number of hydrogen-bond acceptors (Lipinski definition) is 4. The predicted molar refractivity (Wildman–Crippen MR) is 75.2 cm³/mol.